The van der Waals surface area contributed by atoms with Crippen molar-refractivity contribution in [1.82, 2.24) is 15.1 Å². The van der Waals surface area contributed by atoms with Crippen molar-refractivity contribution in [2.45, 2.75) is 59.0 Å². The molecule has 1 saturated carbocycles. The molecule has 34 heavy (non-hydrogen) atoms. The Morgan fingerprint density at radius 3 is 2.35 bits per heavy atom. The maximum absolute atomic E-state index is 12.5. The fourth-order valence-corrected chi connectivity index (χ4v) is 4.69. The van der Waals surface area contributed by atoms with Crippen LogP contribution in [0.1, 0.15) is 77.4 Å². The number of aromatic nitrogens is 2. The van der Waals surface area contributed by atoms with Gasteiger partial charge in [-0.25, -0.2) is 4.68 Å². The molecule has 1 aliphatic rings. The molecule has 7 nitrogen and oxygen atoms in total. The number of nitrogens with two attached hydrogens (primary N) is 2. The van der Waals surface area contributed by atoms with Gasteiger partial charge in [0.2, 0.25) is 0 Å². The number of amides is 2. The quantitative estimate of drug-likeness (QED) is 0.499. The van der Waals surface area contributed by atoms with Crippen LogP contribution in [0, 0.1) is 12.3 Å². The molecule has 0 aliphatic heterocycles. The Balaban J connectivity index is 1.52. The molecule has 1 heterocycles. The van der Waals surface area contributed by atoms with Crippen LogP contribution in [0.15, 0.2) is 48.5 Å². The number of anilines is 1. The van der Waals surface area contributed by atoms with Crippen LogP contribution >= 0.6 is 0 Å². The molecular formula is C27H33N5O2. The molecule has 1 fully saturated rings. The van der Waals surface area contributed by atoms with E-state index in [2.05, 4.69) is 19.2 Å². The number of carbonyl (C=O) groups is 2. The molecule has 178 valence electrons. The molecular weight excluding hydrogens is 426 g/mol. The summed E-state index contributed by atoms with van der Waals surface area (Å²) in [5.41, 5.74) is 16.5. The molecule has 0 unspecified atom stereocenters. The predicted octanol–water partition coefficient (Wildman–Crippen LogP) is 4.61. The van der Waals surface area contributed by atoms with Gasteiger partial charge in [-0.15, -0.1) is 0 Å². The molecule has 2 aromatic carbocycles. The molecule has 5 N–H and O–H groups in total. The van der Waals surface area contributed by atoms with Gasteiger partial charge in [0.05, 0.1) is 6.04 Å². The van der Waals surface area contributed by atoms with E-state index in [9.17, 15) is 9.59 Å². The molecule has 2 amide bonds. The summed E-state index contributed by atoms with van der Waals surface area (Å²) in [6.07, 6.45) is 4.11. The molecule has 3 aromatic rings. The standard InChI is InChI=1S/C27H33N5O2/c1-17-6-4-5-7-21(17)26(34)30-16-18-8-10-19(11-9-18)23-22(25(29)33)24(28)32(31-23)20-12-14-27(2,3)15-13-20/h4-11,20H,12-16,28H2,1-3H3,(H2,29,33)(H,30,34). The zero-order chi connectivity index (χ0) is 24.5. The number of rotatable bonds is 6. The fraction of sp³-hybridized carbons (Fsp3) is 0.370. The summed E-state index contributed by atoms with van der Waals surface area (Å²) in [6, 6.07) is 15.3. The number of benzene rings is 2. The van der Waals surface area contributed by atoms with E-state index in [4.69, 9.17) is 16.6 Å². The first-order valence-electron chi connectivity index (χ1n) is 11.8. The van der Waals surface area contributed by atoms with Crippen LogP contribution in [0.25, 0.3) is 11.3 Å². The number of hydrogen-bond donors (Lipinski definition) is 3. The fourth-order valence-electron chi connectivity index (χ4n) is 4.69. The highest BCUT2D eigenvalue weighted by Crippen LogP contribution is 2.42. The van der Waals surface area contributed by atoms with E-state index in [-0.39, 0.29) is 17.5 Å². The van der Waals surface area contributed by atoms with Crippen LogP contribution in [0.4, 0.5) is 5.82 Å². The minimum atomic E-state index is -0.579. The predicted molar refractivity (Wildman–Crippen MR) is 134 cm³/mol. The molecule has 0 atom stereocenters. The summed E-state index contributed by atoms with van der Waals surface area (Å²) in [5, 5.41) is 7.70. The Kier molecular flexibility index (Phi) is 6.46. The monoisotopic (exact) mass is 459 g/mol. The van der Waals surface area contributed by atoms with Gasteiger partial charge < -0.3 is 16.8 Å². The lowest BCUT2D eigenvalue weighted by molar-refractivity contribution is 0.0949. The molecule has 0 radical (unpaired) electrons. The summed E-state index contributed by atoms with van der Waals surface area (Å²) in [5.74, 6) is -0.355. The van der Waals surface area contributed by atoms with Crippen LogP contribution in [0.3, 0.4) is 0 Å². The maximum Gasteiger partial charge on any atom is 0.254 e. The van der Waals surface area contributed by atoms with E-state index >= 15 is 0 Å². The Bertz CT molecular complexity index is 1200. The highest BCUT2D eigenvalue weighted by atomic mass is 16.2. The van der Waals surface area contributed by atoms with Gasteiger partial charge in [0.1, 0.15) is 17.1 Å². The van der Waals surface area contributed by atoms with Crippen LogP contribution in [-0.4, -0.2) is 21.6 Å². The molecule has 0 spiro atoms. The normalized spacial score (nSPS) is 15.7. The van der Waals surface area contributed by atoms with Gasteiger partial charge in [-0.3, -0.25) is 9.59 Å². The van der Waals surface area contributed by atoms with E-state index in [1.54, 1.807) is 4.68 Å². The van der Waals surface area contributed by atoms with E-state index in [0.717, 1.165) is 42.4 Å². The van der Waals surface area contributed by atoms with Crippen molar-refractivity contribution in [3.8, 4) is 11.3 Å². The summed E-state index contributed by atoms with van der Waals surface area (Å²) >= 11 is 0. The van der Waals surface area contributed by atoms with Crippen molar-refractivity contribution >= 4 is 17.6 Å². The van der Waals surface area contributed by atoms with Gasteiger partial charge in [0.15, 0.2) is 0 Å². The number of carbonyl (C=O) groups excluding carboxylic acids is 2. The minimum Gasteiger partial charge on any atom is -0.383 e. The van der Waals surface area contributed by atoms with E-state index in [1.165, 1.54) is 0 Å². The maximum atomic E-state index is 12.5. The second kappa shape index (κ2) is 9.33. The van der Waals surface area contributed by atoms with Crippen molar-refractivity contribution in [1.29, 1.82) is 0 Å². The molecule has 0 saturated heterocycles. The van der Waals surface area contributed by atoms with E-state index in [1.807, 2.05) is 55.5 Å². The van der Waals surface area contributed by atoms with E-state index < -0.39 is 5.91 Å². The third kappa shape index (κ3) is 4.83. The Morgan fingerprint density at radius 2 is 1.74 bits per heavy atom. The van der Waals surface area contributed by atoms with Crippen molar-refractivity contribution < 1.29 is 9.59 Å². The van der Waals surface area contributed by atoms with Crippen molar-refractivity contribution in [3.05, 3.63) is 70.8 Å². The minimum absolute atomic E-state index is 0.111. The van der Waals surface area contributed by atoms with Crippen molar-refractivity contribution in [2.75, 3.05) is 5.73 Å². The summed E-state index contributed by atoms with van der Waals surface area (Å²) in [6.45, 7) is 6.87. The lowest BCUT2D eigenvalue weighted by Gasteiger charge is -2.34. The van der Waals surface area contributed by atoms with Crippen LogP contribution in [0.2, 0.25) is 0 Å². The van der Waals surface area contributed by atoms with Crippen molar-refractivity contribution in [3.63, 3.8) is 0 Å². The molecule has 0 bridgehead atoms. The summed E-state index contributed by atoms with van der Waals surface area (Å²) in [7, 11) is 0. The topological polar surface area (TPSA) is 116 Å². The first-order chi connectivity index (χ1) is 16.2. The third-order valence-electron chi connectivity index (χ3n) is 6.92. The highest BCUT2D eigenvalue weighted by Gasteiger charge is 2.31. The van der Waals surface area contributed by atoms with Gasteiger partial charge in [-0.05, 0) is 55.2 Å². The van der Waals surface area contributed by atoms with Crippen LogP contribution in [0.5, 0.6) is 0 Å². The third-order valence-corrected chi connectivity index (χ3v) is 6.92. The van der Waals surface area contributed by atoms with Gasteiger partial charge in [0, 0.05) is 17.7 Å². The summed E-state index contributed by atoms with van der Waals surface area (Å²) < 4.78 is 1.79. The number of aryl methyl sites for hydroxylation is 1. The second-order valence-electron chi connectivity index (χ2n) is 10.0. The zero-order valence-electron chi connectivity index (χ0n) is 20.1. The first kappa shape index (κ1) is 23.5. The van der Waals surface area contributed by atoms with Crippen LogP contribution < -0.4 is 16.8 Å². The smallest absolute Gasteiger partial charge is 0.254 e. The SMILES string of the molecule is Cc1ccccc1C(=O)NCc1ccc(-c2nn(C3CCC(C)(C)CC3)c(N)c2C(N)=O)cc1. The second-order valence-corrected chi connectivity index (χ2v) is 10.0. The Morgan fingerprint density at radius 1 is 1.09 bits per heavy atom. The molecule has 1 aliphatic carbocycles. The first-order valence-corrected chi connectivity index (χ1v) is 11.8. The Labute approximate surface area is 200 Å². The Hall–Kier alpha value is -3.61. The highest BCUT2D eigenvalue weighted by molar-refractivity contribution is 6.03. The largest absolute Gasteiger partial charge is 0.383 e. The van der Waals surface area contributed by atoms with E-state index in [0.29, 0.717) is 29.0 Å². The molecule has 4 rings (SSSR count). The van der Waals surface area contributed by atoms with Gasteiger partial charge >= 0.3 is 0 Å². The average molecular weight is 460 g/mol. The molecule has 7 heteroatoms. The van der Waals surface area contributed by atoms with Gasteiger partial charge in [-0.2, -0.15) is 5.10 Å². The zero-order valence-corrected chi connectivity index (χ0v) is 20.1. The van der Waals surface area contributed by atoms with Gasteiger partial charge in [-0.1, -0.05) is 56.3 Å². The molecule has 1 aromatic heterocycles. The number of nitrogens with zero attached hydrogens (tertiary/aromatic N) is 2. The lowest BCUT2D eigenvalue weighted by atomic mass is 9.75. The number of primary amides is 1. The number of hydrogen-bond acceptors (Lipinski definition) is 4. The lowest BCUT2D eigenvalue weighted by Crippen LogP contribution is -2.25. The van der Waals surface area contributed by atoms with Gasteiger partial charge in [0.25, 0.3) is 11.8 Å². The average Bonchev–Trinajstić information content (AvgIpc) is 3.15. The number of nitrogens with one attached hydrogen (secondary N) is 1. The van der Waals surface area contributed by atoms with Crippen LogP contribution in [-0.2, 0) is 6.54 Å². The summed E-state index contributed by atoms with van der Waals surface area (Å²) in [4.78, 5) is 24.8. The van der Waals surface area contributed by atoms with Crippen molar-refractivity contribution in [2.24, 2.45) is 11.1 Å². The number of nitrogen functional groups attached to an aromatic ring is 1.